The molecule has 0 aliphatic rings. The quantitative estimate of drug-likeness (QED) is 0.0987. The first-order valence-electron chi connectivity index (χ1n) is 14.0. The van der Waals surface area contributed by atoms with E-state index in [1.54, 1.807) is 0 Å². The van der Waals surface area contributed by atoms with E-state index in [4.69, 9.17) is 9.47 Å². The van der Waals surface area contributed by atoms with Gasteiger partial charge in [0.25, 0.3) is 0 Å². The van der Waals surface area contributed by atoms with E-state index in [1.807, 2.05) is 66.1 Å². The molecule has 2 aromatic heterocycles. The van der Waals surface area contributed by atoms with E-state index in [0.29, 0.717) is 49.5 Å². The van der Waals surface area contributed by atoms with Gasteiger partial charge in [-0.1, -0.05) is 44.2 Å². The zero-order chi connectivity index (χ0) is 27.6. The smallest absolute Gasteiger partial charge is 0.305 e. The zero-order valence-electron chi connectivity index (χ0n) is 23.3. The van der Waals surface area contributed by atoms with Crippen molar-refractivity contribution in [3.63, 3.8) is 0 Å². The van der Waals surface area contributed by atoms with Gasteiger partial charge in [0, 0.05) is 29.4 Å². The summed E-state index contributed by atoms with van der Waals surface area (Å²) in [7, 11) is 0. The van der Waals surface area contributed by atoms with E-state index < -0.39 is 0 Å². The lowest BCUT2D eigenvalue weighted by Crippen LogP contribution is -2.04. The number of nitrogens with zero attached hydrogens (tertiary/aromatic N) is 1. The number of pyridine rings is 1. The number of benzene rings is 2. The van der Waals surface area contributed by atoms with Crippen LogP contribution in [0.1, 0.15) is 72.8 Å². The summed E-state index contributed by atoms with van der Waals surface area (Å²) < 4.78 is 13.0. The highest BCUT2D eigenvalue weighted by Gasteiger charge is 2.17. The van der Waals surface area contributed by atoms with Gasteiger partial charge in [0.15, 0.2) is 5.78 Å². The Labute approximate surface area is 231 Å². The average Bonchev–Trinajstić information content (AvgIpc) is 3.30. The van der Waals surface area contributed by atoms with Crippen molar-refractivity contribution < 1.29 is 19.1 Å². The van der Waals surface area contributed by atoms with E-state index in [1.165, 1.54) is 11.1 Å². The number of ketones is 1. The van der Waals surface area contributed by atoms with Gasteiger partial charge in [-0.15, -0.1) is 0 Å². The molecule has 0 spiro atoms. The summed E-state index contributed by atoms with van der Waals surface area (Å²) in [4.78, 5) is 25.1. The van der Waals surface area contributed by atoms with E-state index >= 15 is 0 Å². The van der Waals surface area contributed by atoms with Crippen LogP contribution in [0, 0.1) is 5.92 Å². The summed E-state index contributed by atoms with van der Waals surface area (Å²) in [6.07, 6.45) is 6.70. The van der Waals surface area contributed by atoms with Crippen LogP contribution in [0.5, 0.6) is 5.75 Å². The van der Waals surface area contributed by atoms with Crippen LogP contribution < -0.4 is 4.74 Å². The molecule has 0 saturated heterocycles. The molecule has 0 unspecified atom stereocenters. The number of carbonyl (C=O) groups is 2. The van der Waals surface area contributed by atoms with E-state index in [9.17, 15) is 9.59 Å². The van der Waals surface area contributed by atoms with Crippen molar-refractivity contribution >= 4 is 17.3 Å². The van der Waals surface area contributed by atoms with Gasteiger partial charge in [-0.25, -0.2) is 0 Å². The molecule has 0 aliphatic heterocycles. The van der Waals surface area contributed by atoms with Crippen molar-refractivity contribution in [1.82, 2.24) is 4.40 Å². The van der Waals surface area contributed by atoms with Gasteiger partial charge in [-0.3, -0.25) is 9.59 Å². The van der Waals surface area contributed by atoms with E-state index in [2.05, 4.69) is 38.1 Å². The summed E-state index contributed by atoms with van der Waals surface area (Å²) >= 11 is 0. The molecule has 0 aliphatic carbocycles. The van der Waals surface area contributed by atoms with Crippen molar-refractivity contribution in [2.75, 3.05) is 13.2 Å². The van der Waals surface area contributed by atoms with Crippen molar-refractivity contribution in [3.05, 3.63) is 107 Å². The number of hydrogen-bond acceptors (Lipinski definition) is 4. The van der Waals surface area contributed by atoms with Crippen LogP contribution in [0.15, 0.2) is 79.0 Å². The van der Waals surface area contributed by atoms with Crippen molar-refractivity contribution in [3.8, 4) is 5.75 Å². The molecule has 39 heavy (non-hydrogen) atoms. The van der Waals surface area contributed by atoms with Crippen LogP contribution >= 0.6 is 0 Å². The minimum Gasteiger partial charge on any atom is -0.494 e. The largest absolute Gasteiger partial charge is 0.494 e. The molecule has 4 aromatic rings. The monoisotopic (exact) mass is 525 g/mol. The molecule has 0 bridgehead atoms. The highest BCUT2D eigenvalue weighted by Crippen LogP contribution is 2.23. The molecular weight excluding hydrogens is 486 g/mol. The summed E-state index contributed by atoms with van der Waals surface area (Å²) in [6.45, 7) is 7.31. The Balaban J connectivity index is 1.32. The number of carbonyl (C=O) groups excluding carboxylic acids is 2. The lowest BCUT2D eigenvalue weighted by molar-refractivity contribution is -0.143. The molecule has 2 heterocycles. The maximum absolute atomic E-state index is 13.4. The first kappa shape index (κ1) is 28.2. The number of hydrogen-bond donors (Lipinski definition) is 0. The molecule has 5 heteroatoms. The molecule has 5 nitrogen and oxygen atoms in total. The lowest BCUT2D eigenvalue weighted by atomic mass is 10.0. The summed E-state index contributed by atoms with van der Waals surface area (Å²) in [5.74, 6) is 1.22. The highest BCUT2D eigenvalue weighted by molar-refractivity contribution is 6.13. The van der Waals surface area contributed by atoms with Gasteiger partial charge in [0.1, 0.15) is 5.75 Å². The minimum absolute atomic E-state index is 0.0252. The van der Waals surface area contributed by atoms with Crippen LogP contribution in [-0.4, -0.2) is 29.4 Å². The molecule has 0 N–H and O–H groups in total. The second kappa shape index (κ2) is 13.8. The number of aromatic nitrogens is 1. The third-order valence-electron chi connectivity index (χ3n) is 6.78. The Morgan fingerprint density at radius 3 is 2.33 bits per heavy atom. The average molecular weight is 526 g/mol. The Bertz CT molecular complexity index is 1370. The third-order valence-corrected chi connectivity index (χ3v) is 6.78. The normalized spacial score (nSPS) is 11.2. The predicted octanol–water partition coefficient (Wildman–Crippen LogP) is 7.27. The number of fused-ring (bicyclic) bond motifs is 1. The highest BCUT2D eigenvalue weighted by atomic mass is 16.5. The van der Waals surface area contributed by atoms with Crippen LogP contribution in [0.3, 0.4) is 0 Å². The maximum atomic E-state index is 13.4. The lowest BCUT2D eigenvalue weighted by Gasteiger charge is -2.08. The fourth-order valence-electron chi connectivity index (χ4n) is 4.88. The Morgan fingerprint density at radius 1 is 0.872 bits per heavy atom. The van der Waals surface area contributed by atoms with Gasteiger partial charge in [-0.05, 0) is 98.5 Å². The molecule has 4 rings (SSSR count). The van der Waals surface area contributed by atoms with Gasteiger partial charge < -0.3 is 13.9 Å². The Kier molecular flexibility index (Phi) is 9.96. The SMILES string of the molecule is CCOC(=O)CCCc1cc(C(=O)c2ccc(OCCCc3ccc(CC(C)C)cc3)cc2)c2ccccn12. The maximum Gasteiger partial charge on any atom is 0.305 e. The topological polar surface area (TPSA) is 57.0 Å². The van der Waals surface area contributed by atoms with Gasteiger partial charge in [-0.2, -0.15) is 0 Å². The van der Waals surface area contributed by atoms with Crippen LogP contribution in [0.25, 0.3) is 5.52 Å². The number of esters is 1. The molecule has 0 amide bonds. The first-order valence-corrected chi connectivity index (χ1v) is 14.0. The number of rotatable bonds is 14. The molecule has 2 aromatic carbocycles. The first-order chi connectivity index (χ1) is 18.9. The van der Waals surface area contributed by atoms with Crippen LogP contribution in [0.2, 0.25) is 0 Å². The van der Waals surface area contributed by atoms with E-state index in [0.717, 1.165) is 36.2 Å². The van der Waals surface area contributed by atoms with Crippen molar-refractivity contribution in [2.24, 2.45) is 5.92 Å². The van der Waals surface area contributed by atoms with Gasteiger partial charge in [0.05, 0.1) is 18.7 Å². The number of ether oxygens (including phenoxy) is 2. The zero-order valence-corrected chi connectivity index (χ0v) is 23.3. The summed E-state index contributed by atoms with van der Waals surface area (Å²) in [6, 6.07) is 24.1. The van der Waals surface area contributed by atoms with Gasteiger partial charge in [0.2, 0.25) is 0 Å². The second-order valence-corrected chi connectivity index (χ2v) is 10.4. The summed E-state index contributed by atoms with van der Waals surface area (Å²) in [5, 5.41) is 0. The second-order valence-electron chi connectivity index (χ2n) is 10.4. The van der Waals surface area contributed by atoms with Crippen molar-refractivity contribution in [1.29, 1.82) is 0 Å². The Hall–Kier alpha value is -3.86. The molecule has 0 saturated carbocycles. The molecule has 204 valence electrons. The minimum atomic E-state index is -0.187. The number of aryl methyl sites for hydroxylation is 2. The predicted molar refractivity (Wildman–Crippen MR) is 156 cm³/mol. The van der Waals surface area contributed by atoms with Crippen molar-refractivity contribution in [2.45, 2.75) is 59.3 Å². The molecular formula is C34H39NO4. The molecule has 0 atom stereocenters. The Morgan fingerprint density at radius 2 is 1.62 bits per heavy atom. The summed E-state index contributed by atoms with van der Waals surface area (Å²) in [5.41, 5.74) is 5.87. The standard InChI is InChI=1S/C34H39NO4/c1-4-38-33(36)12-7-10-29-24-31(32-11-5-6-21-35(29)32)34(37)28-17-19-30(20-18-28)39-22-8-9-26-13-15-27(16-14-26)23-25(2)3/h5-6,11,13-21,24-25H,4,7-10,12,22-23H2,1-3H3. The fraction of sp³-hybridized carbons (Fsp3) is 0.353. The molecule has 0 fully saturated rings. The van der Waals surface area contributed by atoms with Crippen LogP contribution in [0.4, 0.5) is 0 Å². The third kappa shape index (κ3) is 7.82. The molecule has 0 radical (unpaired) electrons. The fourth-order valence-corrected chi connectivity index (χ4v) is 4.88. The van der Waals surface area contributed by atoms with Gasteiger partial charge >= 0.3 is 5.97 Å². The van der Waals surface area contributed by atoms with E-state index in [-0.39, 0.29) is 11.8 Å². The van der Waals surface area contributed by atoms with Crippen LogP contribution in [-0.2, 0) is 28.8 Å².